The number of benzene rings is 2. The first kappa shape index (κ1) is 15.3. The second-order valence-electron chi connectivity index (χ2n) is 5.37. The van der Waals surface area contributed by atoms with Crippen LogP contribution in [0.1, 0.15) is 10.8 Å². The van der Waals surface area contributed by atoms with Gasteiger partial charge in [0.25, 0.3) is 0 Å². The summed E-state index contributed by atoms with van der Waals surface area (Å²) < 4.78 is 19.8. The van der Waals surface area contributed by atoms with E-state index in [1.54, 1.807) is 30.3 Å². The number of rotatable bonds is 3. The van der Waals surface area contributed by atoms with Crippen LogP contribution < -0.4 is 0 Å². The highest BCUT2D eigenvalue weighted by Gasteiger charge is 2.10. The third-order valence-corrected chi connectivity index (χ3v) is 4.76. The van der Waals surface area contributed by atoms with Crippen molar-refractivity contribution in [2.75, 3.05) is 0 Å². The molecule has 0 atom stereocenters. The first-order valence-electron chi connectivity index (χ1n) is 7.56. The number of furan rings is 1. The molecule has 4 rings (SSSR count). The van der Waals surface area contributed by atoms with Crippen molar-refractivity contribution in [3.63, 3.8) is 0 Å². The monoisotopic (exact) mass is 346 g/mol. The Labute approximate surface area is 147 Å². The Kier molecular flexibility index (Phi) is 3.88. The average Bonchev–Trinajstić information content (AvgIpc) is 3.27. The van der Waals surface area contributed by atoms with Gasteiger partial charge in [-0.15, -0.1) is 11.3 Å². The van der Waals surface area contributed by atoms with Crippen molar-refractivity contribution < 1.29 is 8.81 Å². The zero-order chi connectivity index (χ0) is 17.2. The van der Waals surface area contributed by atoms with Crippen LogP contribution in [-0.4, -0.2) is 4.98 Å². The minimum absolute atomic E-state index is 0.293. The summed E-state index contributed by atoms with van der Waals surface area (Å²) >= 11 is 1.47. The van der Waals surface area contributed by atoms with Gasteiger partial charge in [0.05, 0.1) is 15.8 Å². The molecule has 4 aromatic rings. The summed E-state index contributed by atoms with van der Waals surface area (Å²) in [5.74, 6) is 0.876. The molecular formula is C20H11FN2OS. The van der Waals surface area contributed by atoms with E-state index >= 15 is 0 Å². The van der Waals surface area contributed by atoms with Crippen LogP contribution in [-0.2, 0) is 0 Å². The van der Waals surface area contributed by atoms with Crippen LogP contribution in [0.25, 0.3) is 33.2 Å². The third kappa shape index (κ3) is 3.08. The maximum Gasteiger partial charge on any atom is 0.135 e. The standard InChI is InChI=1S/C20H11FN2OS/c21-15-7-5-13(6-8-15)18-10-9-16(24-18)11-14(12-22)20-23-17-3-1-2-4-19(17)25-20/h1-11H/b14-11-. The zero-order valence-electron chi connectivity index (χ0n) is 12.9. The Balaban J connectivity index is 1.69. The van der Waals surface area contributed by atoms with Crippen LogP contribution >= 0.6 is 11.3 Å². The molecule has 0 aliphatic rings. The smallest absolute Gasteiger partial charge is 0.135 e. The largest absolute Gasteiger partial charge is 0.457 e. The Hall–Kier alpha value is -3.23. The van der Waals surface area contributed by atoms with Crippen LogP contribution in [0, 0.1) is 17.1 Å². The van der Waals surface area contributed by atoms with Crippen LogP contribution in [0.15, 0.2) is 65.1 Å². The predicted octanol–water partition coefficient (Wildman–Crippen LogP) is 5.76. The Bertz CT molecular complexity index is 1080. The lowest BCUT2D eigenvalue weighted by molar-refractivity contribution is 0.571. The number of thiazole rings is 1. The fraction of sp³-hybridized carbons (Fsp3) is 0. The van der Waals surface area contributed by atoms with Gasteiger partial charge in [0.15, 0.2) is 0 Å². The highest BCUT2D eigenvalue weighted by molar-refractivity contribution is 7.19. The number of aromatic nitrogens is 1. The third-order valence-electron chi connectivity index (χ3n) is 3.69. The molecule has 0 N–H and O–H groups in total. The van der Waals surface area contributed by atoms with Crippen molar-refractivity contribution in [1.82, 2.24) is 4.98 Å². The number of allylic oxidation sites excluding steroid dienone is 1. The van der Waals surface area contributed by atoms with E-state index in [1.165, 1.54) is 23.5 Å². The molecule has 2 heterocycles. The average molecular weight is 346 g/mol. The van der Waals surface area contributed by atoms with Gasteiger partial charge in [-0.3, -0.25) is 0 Å². The van der Waals surface area contributed by atoms with Gasteiger partial charge < -0.3 is 4.42 Å². The Morgan fingerprint density at radius 1 is 1.08 bits per heavy atom. The maximum atomic E-state index is 13.0. The molecule has 3 nitrogen and oxygen atoms in total. The summed E-state index contributed by atoms with van der Waals surface area (Å²) in [7, 11) is 0. The van der Waals surface area contributed by atoms with E-state index in [2.05, 4.69) is 11.1 Å². The van der Waals surface area contributed by atoms with Gasteiger partial charge in [0.1, 0.15) is 28.4 Å². The highest BCUT2D eigenvalue weighted by Crippen LogP contribution is 2.29. The fourth-order valence-electron chi connectivity index (χ4n) is 2.47. The summed E-state index contributed by atoms with van der Waals surface area (Å²) in [6, 6.07) is 19.6. The molecule has 0 unspecified atom stereocenters. The summed E-state index contributed by atoms with van der Waals surface area (Å²) in [6.07, 6.45) is 1.67. The second kappa shape index (κ2) is 6.34. The van der Waals surface area contributed by atoms with E-state index in [0.29, 0.717) is 22.1 Å². The van der Waals surface area contributed by atoms with Gasteiger partial charge in [0, 0.05) is 11.6 Å². The molecule has 0 aliphatic carbocycles. The van der Waals surface area contributed by atoms with Gasteiger partial charge in [-0.1, -0.05) is 12.1 Å². The van der Waals surface area contributed by atoms with E-state index < -0.39 is 0 Å². The van der Waals surface area contributed by atoms with Gasteiger partial charge in [-0.25, -0.2) is 9.37 Å². The van der Waals surface area contributed by atoms with E-state index in [-0.39, 0.29) is 5.82 Å². The van der Waals surface area contributed by atoms with Gasteiger partial charge in [-0.2, -0.15) is 5.26 Å². The molecule has 0 saturated carbocycles. The lowest BCUT2D eigenvalue weighted by Gasteiger charge is -1.96. The van der Waals surface area contributed by atoms with Crippen molar-refractivity contribution in [3.05, 3.63) is 77.2 Å². The van der Waals surface area contributed by atoms with Gasteiger partial charge >= 0.3 is 0 Å². The molecule has 0 amide bonds. The molecule has 0 bridgehead atoms. The normalized spacial score (nSPS) is 11.6. The first-order valence-corrected chi connectivity index (χ1v) is 8.38. The van der Waals surface area contributed by atoms with Crippen molar-refractivity contribution in [2.45, 2.75) is 0 Å². The lowest BCUT2D eigenvalue weighted by Crippen LogP contribution is -1.79. The molecule has 5 heteroatoms. The molecule has 0 fully saturated rings. The summed E-state index contributed by atoms with van der Waals surface area (Å²) in [4.78, 5) is 4.50. The molecular weight excluding hydrogens is 335 g/mol. The molecule has 0 aliphatic heterocycles. The van der Waals surface area contributed by atoms with Crippen molar-refractivity contribution >= 4 is 33.2 Å². The van der Waals surface area contributed by atoms with E-state index in [4.69, 9.17) is 4.42 Å². The highest BCUT2D eigenvalue weighted by atomic mass is 32.1. The van der Waals surface area contributed by atoms with Gasteiger partial charge in [0.2, 0.25) is 0 Å². The first-order chi connectivity index (χ1) is 12.2. The van der Waals surface area contributed by atoms with E-state index in [9.17, 15) is 9.65 Å². The molecule has 2 aromatic heterocycles. The summed E-state index contributed by atoms with van der Waals surface area (Å²) in [5.41, 5.74) is 2.09. The topological polar surface area (TPSA) is 49.8 Å². The van der Waals surface area contributed by atoms with Gasteiger partial charge in [-0.05, 0) is 48.5 Å². The lowest BCUT2D eigenvalue weighted by atomic mass is 10.2. The van der Waals surface area contributed by atoms with Crippen LogP contribution in [0.4, 0.5) is 4.39 Å². The molecule has 2 aromatic carbocycles. The summed E-state index contributed by atoms with van der Waals surface area (Å²) in [6.45, 7) is 0. The molecule has 120 valence electrons. The van der Waals surface area contributed by atoms with E-state index in [1.807, 2.05) is 24.3 Å². The minimum atomic E-state index is -0.293. The molecule has 25 heavy (non-hydrogen) atoms. The number of para-hydroxylation sites is 1. The fourth-order valence-corrected chi connectivity index (χ4v) is 3.40. The number of nitriles is 1. The second-order valence-corrected chi connectivity index (χ2v) is 6.40. The summed E-state index contributed by atoms with van der Waals surface area (Å²) in [5, 5.41) is 10.1. The van der Waals surface area contributed by atoms with Crippen molar-refractivity contribution in [2.24, 2.45) is 0 Å². The molecule has 0 saturated heterocycles. The number of hydrogen-bond acceptors (Lipinski definition) is 4. The quantitative estimate of drug-likeness (QED) is 0.443. The van der Waals surface area contributed by atoms with Crippen LogP contribution in [0.5, 0.6) is 0 Å². The van der Waals surface area contributed by atoms with Crippen LogP contribution in [0.2, 0.25) is 0 Å². The minimum Gasteiger partial charge on any atom is -0.457 e. The van der Waals surface area contributed by atoms with E-state index in [0.717, 1.165) is 15.8 Å². The molecule has 0 spiro atoms. The van der Waals surface area contributed by atoms with Crippen LogP contribution in [0.3, 0.4) is 0 Å². The van der Waals surface area contributed by atoms with Crippen molar-refractivity contribution in [3.8, 4) is 17.4 Å². The zero-order valence-corrected chi connectivity index (χ0v) is 13.8. The number of hydrogen-bond donors (Lipinski definition) is 0. The van der Waals surface area contributed by atoms with Crippen molar-refractivity contribution in [1.29, 1.82) is 5.26 Å². The predicted molar refractivity (Wildman–Crippen MR) is 97.2 cm³/mol. The SMILES string of the molecule is N#C/C(=C/c1ccc(-c2ccc(F)cc2)o1)c1nc2ccccc2s1. The Morgan fingerprint density at radius 2 is 1.88 bits per heavy atom. The molecule has 0 radical (unpaired) electrons. The number of nitrogens with zero attached hydrogens (tertiary/aromatic N) is 2. The number of halogens is 1. The Morgan fingerprint density at radius 3 is 2.64 bits per heavy atom. The number of fused-ring (bicyclic) bond motifs is 1. The maximum absolute atomic E-state index is 13.0.